The SMILES string of the molecule is O=C1Nc2ccccc2C(c2ccccc2)=N[C@@H]1Nc1nnc(-c2ccco2)o1. The van der Waals surface area contributed by atoms with E-state index < -0.39 is 6.17 Å². The molecule has 142 valence electrons. The molecule has 5 rings (SSSR count). The van der Waals surface area contributed by atoms with Crippen LogP contribution in [0.3, 0.4) is 0 Å². The van der Waals surface area contributed by atoms with Gasteiger partial charge in [-0.05, 0) is 18.2 Å². The number of aromatic nitrogens is 2. The van der Waals surface area contributed by atoms with Crippen LogP contribution in [-0.2, 0) is 4.79 Å². The second kappa shape index (κ2) is 7.08. The number of aliphatic imine (C=N–C) groups is 1. The highest BCUT2D eigenvalue weighted by molar-refractivity contribution is 6.19. The van der Waals surface area contributed by atoms with Crippen molar-refractivity contribution in [1.29, 1.82) is 0 Å². The van der Waals surface area contributed by atoms with Gasteiger partial charge < -0.3 is 19.5 Å². The standard InChI is InChI=1S/C21H15N5O3/c27-19-18(24-21-26-25-20(29-21)16-11-6-12-28-16)23-17(13-7-2-1-3-8-13)14-9-4-5-10-15(14)22-19/h1-12,18H,(H,22,27)(H,24,26)/t18-/m1/s1. The van der Waals surface area contributed by atoms with Gasteiger partial charge in [0.1, 0.15) is 0 Å². The van der Waals surface area contributed by atoms with Gasteiger partial charge in [0, 0.05) is 11.1 Å². The van der Waals surface area contributed by atoms with Crippen molar-refractivity contribution in [3.8, 4) is 11.7 Å². The lowest BCUT2D eigenvalue weighted by Gasteiger charge is -2.11. The number of carbonyl (C=O) groups excluding carboxylic acids is 1. The quantitative estimate of drug-likeness (QED) is 0.556. The highest BCUT2D eigenvalue weighted by atomic mass is 16.4. The number of benzodiazepines with no additional fused rings is 1. The minimum Gasteiger partial charge on any atom is -0.459 e. The molecule has 1 atom stereocenters. The monoisotopic (exact) mass is 385 g/mol. The fourth-order valence-corrected chi connectivity index (χ4v) is 3.08. The molecule has 0 radical (unpaired) electrons. The Kier molecular flexibility index (Phi) is 4.14. The third kappa shape index (κ3) is 3.27. The van der Waals surface area contributed by atoms with E-state index in [1.165, 1.54) is 6.26 Å². The lowest BCUT2D eigenvalue weighted by molar-refractivity contribution is -0.116. The molecular weight excluding hydrogens is 370 g/mol. The van der Waals surface area contributed by atoms with E-state index in [0.29, 0.717) is 17.2 Å². The Balaban J connectivity index is 1.52. The summed E-state index contributed by atoms with van der Waals surface area (Å²) in [5, 5.41) is 13.7. The zero-order valence-electron chi connectivity index (χ0n) is 15.1. The highest BCUT2D eigenvalue weighted by Gasteiger charge is 2.27. The molecule has 0 bridgehead atoms. The summed E-state index contributed by atoms with van der Waals surface area (Å²) in [6.07, 6.45) is 0.557. The summed E-state index contributed by atoms with van der Waals surface area (Å²) < 4.78 is 10.8. The van der Waals surface area contributed by atoms with Crippen molar-refractivity contribution in [2.75, 3.05) is 10.6 Å². The van der Waals surface area contributed by atoms with Gasteiger partial charge in [-0.25, -0.2) is 4.99 Å². The molecular formula is C21H15N5O3. The van der Waals surface area contributed by atoms with E-state index in [9.17, 15) is 4.79 Å². The first kappa shape index (κ1) is 16.9. The number of fused-ring (bicyclic) bond motifs is 1. The third-order valence-corrected chi connectivity index (χ3v) is 4.41. The smallest absolute Gasteiger partial charge is 0.317 e. The van der Waals surface area contributed by atoms with Crippen molar-refractivity contribution in [2.45, 2.75) is 6.17 Å². The number of hydrogen-bond donors (Lipinski definition) is 2. The van der Waals surface area contributed by atoms with Crippen LogP contribution in [0, 0.1) is 0 Å². The minimum atomic E-state index is -0.956. The molecule has 0 saturated carbocycles. The molecule has 8 nitrogen and oxygen atoms in total. The van der Waals surface area contributed by atoms with Crippen molar-refractivity contribution >= 4 is 23.3 Å². The average Bonchev–Trinajstić information content (AvgIpc) is 3.42. The number of anilines is 2. The fraction of sp³-hybridized carbons (Fsp3) is 0.0476. The lowest BCUT2D eigenvalue weighted by atomic mass is 10.0. The lowest BCUT2D eigenvalue weighted by Crippen LogP contribution is -2.32. The fourth-order valence-electron chi connectivity index (χ4n) is 3.08. The van der Waals surface area contributed by atoms with Gasteiger partial charge in [0.15, 0.2) is 5.76 Å². The maximum absolute atomic E-state index is 12.8. The number of hydrogen-bond acceptors (Lipinski definition) is 7. The van der Waals surface area contributed by atoms with Crippen molar-refractivity contribution in [3.63, 3.8) is 0 Å². The second-order valence-electron chi connectivity index (χ2n) is 6.32. The summed E-state index contributed by atoms with van der Waals surface area (Å²) in [6.45, 7) is 0. The highest BCUT2D eigenvalue weighted by Crippen LogP contribution is 2.25. The summed E-state index contributed by atoms with van der Waals surface area (Å²) in [5.41, 5.74) is 3.09. The van der Waals surface area contributed by atoms with E-state index in [2.05, 4.69) is 25.8 Å². The van der Waals surface area contributed by atoms with E-state index in [-0.39, 0.29) is 17.8 Å². The summed E-state index contributed by atoms with van der Waals surface area (Å²) in [7, 11) is 0. The number of nitrogens with zero attached hydrogens (tertiary/aromatic N) is 3. The average molecular weight is 385 g/mol. The zero-order chi connectivity index (χ0) is 19.6. The number of benzene rings is 2. The van der Waals surface area contributed by atoms with Gasteiger partial charge in [0.25, 0.3) is 11.8 Å². The van der Waals surface area contributed by atoms with Crippen LogP contribution in [-0.4, -0.2) is 28.0 Å². The van der Waals surface area contributed by atoms with E-state index in [0.717, 1.165) is 11.1 Å². The maximum atomic E-state index is 12.8. The number of carbonyl (C=O) groups is 1. The van der Waals surface area contributed by atoms with Gasteiger partial charge in [0.05, 0.1) is 17.7 Å². The molecule has 1 aliphatic rings. The van der Waals surface area contributed by atoms with Crippen LogP contribution in [0.15, 0.2) is 86.8 Å². The van der Waals surface area contributed by atoms with E-state index in [1.54, 1.807) is 12.1 Å². The first-order valence-corrected chi connectivity index (χ1v) is 8.95. The van der Waals surface area contributed by atoms with Gasteiger partial charge in [-0.15, -0.1) is 5.10 Å². The molecule has 1 aliphatic heterocycles. The van der Waals surface area contributed by atoms with Crippen LogP contribution < -0.4 is 10.6 Å². The Morgan fingerprint density at radius 3 is 2.59 bits per heavy atom. The summed E-state index contributed by atoms with van der Waals surface area (Å²) >= 11 is 0. The Morgan fingerprint density at radius 1 is 0.931 bits per heavy atom. The van der Waals surface area contributed by atoms with Crippen LogP contribution in [0.2, 0.25) is 0 Å². The topological polar surface area (TPSA) is 106 Å². The van der Waals surface area contributed by atoms with Gasteiger partial charge in [-0.1, -0.05) is 53.6 Å². The van der Waals surface area contributed by atoms with E-state index >= 15 is 0 Å². The summed E-state index contributed by atoms with van der Waals surface area (Å²) in [5.74, 6) is 0.319. The zero-order valence-corrected chi connectivity index (χ0v) is 15.1. The van der Waals surface area contributed by atoms with Gasteiger partial charge >= 0.3 is 6.01 Å². The minimum absolute atomic E-state index is 0.0682. The number of rotatable bonds is 4. The van der Waals surface area contributed by atoms with Crippen LogP contribution >= 0.6 is 0 Å². The summed E-state index contributed by atoms with van der Waals surface area (Å²) in [4.78, 5) is 17.5. The van der Waals surface area contributed by atoms with Gasteiger partial charge in [0.2, 0.25) is 6.17 Å². The number of amides is 1. The molecule has 1 amide bonds. The van der Waals surface area contributed by atoms with Crippen molar-refractivity contribution in [3.05, 3.63) is 84.1 Å². The predicted octanol–water partition coefficient (Wildman–Crippen LogP) is 3.56. The first-order valence-electron chi connectivity index (χ1n) is 8.95. The largest absolute Gasteiger partial charge is 0.459 e. The maximum Gasteiger partial charge on any atom is 0.317 e. The van der Waals surface area contributed by atoms with Crippen LogP contribution in [0.25, 0.3) is 11.7 Å². The molecule has 0 aliphatic carbocycles. The number of furan rings is 1. The molecule has 0 saturated heterocycles. The number of nitrogens with one attached hydrogen (secondary N) is 2. The Labute approximate surface area is 165 Å². The second-order valence-corrected chi connectivity index (χ2v) is 6.32. The molecule has 0 unspecified atom stereocenters. The molecule has 0 fully saturated rings. The van der Waals surface area contributed by atoms with Crippen LogP contribution in [0.4, 0.5) is 11.7 Å². The van der Waals surface area contributed by atoms with Crippen LogP contribution in [0.5, 0.6) is 0 Å². The molecule has 29 heavy (non-hydrogen) atoms. The van der Waals surface area contributed by atoms with Crippen LogP contribution in [0.1, 0.15) is 11.1 Å². The molecule has 4 aromatic rings. The Hall–Kier alpha value is -4.20. The Bertz CT molecular complexity index is 1180. The number of para-hydroxylation sites is 1. The molecule has 2 N–H and O–H groups in total. The molecule has 2 aromatic heterocycles. The summed E-state index contributed by atoms with van der Waals surface area (Å²) in [6, 6.07) is 20.7. The first-order chi connectivity index (χ1) is 14.3. The van der Waals surface area contributed by atoms with Crippen molar-refractivity contribution in [2.24, 2.45) is 4.99 Å². The molecule has 3 heterocycles. The molecule has 0 spiro atoms. The predicted molar refractivity (Wildman–Crippen MR) is 107 cm³/mol. The Morgan fingerprint density at radius 2 is 1.76 bits per heavy atom. The normalized spacial score (nSPS) is 15.8. The van der Waals surface area contributed by atoms with Crippen molar-refractivity contribution in [1.82, 2.24) is 10.2 Å². The molecule has 8 heteroatoms. The molecule has 2 aromatic carbocycles. The van der Waals surface area contributed by atoms with E-state index in [4.69, 9.17) is 8.83 Å². The van der Waals surface area contributed by atoms with Gasteiger partial charge in [-0.2, -0.15) is 0 Å². The third-order valence-electron chi connectivity index (χ3n) is 4.41. The van der Waals surface area contributed by atoms with Crippen molar-refractivity contribution < 1.29 is 13.6 Å². The van der Waals surface area contributed by atoms with E-state index in [1.807, 2.05) is 54.6 Å². The van der Waals surface area contributed by atoms with Gasteiger partial charge in [-0.3, -0.25) is 4.79 Å².